The van der Waals surface area contributed by atoms with Crippen LogP contribution >= 0.6 is 11.6 Å². The van der Waals surface area contributed by atoms with E-state index >= 15 is 0 Å². The van der Waals surface area contributed by atoms with Crippen molar-refractivity contribution in [1.82, 2.24) is 9.88 Å². The molecule has 1 saturated carbocycles. The molecular formula is C13H19ClN2O. The van der Waals surface area contributed by atoms with Gasteiger partial charge in [-0.05, 0) is 38.4 Å². The minimum atomic E-state index is 0.502. The molecule has 0 aliphatic heterocycles. The molecule has 1 aliphatic rings. The van der Waals surface area contributed by atoms with E-state index in [0.29, 0.717) is 18.4 Å². The first-order valence-corrected chi connectivity index (χ1v) is 6.59. The van der Waals surface area contributed by atoms with E-state index < -0.39 is 0 Å². The minimum Gasteiger partial charge on any atom is -0.476 e. The number of rotatable bonds is 6. The highest BCUT2D eigenvalue weighted by Crippen LogP contribution is 2.24. The first-order valence-electron chi connectivity index (χ1n) is 6.05. The van der Waals surface area contributed by atoms with Gasteiger partial charge in [0.25, 0.3) is 0 Å². The number of pyridine rings is 1. The van der Waals surface area contributed by atoms with Crippen LogP contribution in [0, 0.1) is 6.92 Å². The van der Waals surface area contributed by atoms with E-state index in [1.807, 2.05) is 19.1 Å². The van der Waals surface area contributed by atoms with Gasteiger partial charge in [0.05, 0.1) is 0 Å². The summed E-state index contributed by atoms with van der Waals surface area (Å²) in [5, 5.41) is 0. The lowest BCUT2D eigenvalue weighted by Gasteiger charge is -2.15. The topological polar surface area (TPSA) is 25.4 Å². The molecule has 0 bridgehead atoms. The van der Waals surface area contributed by atoms with E-state index in [0.717, 1.165) is 23.8 Å². The summed E-state index contributed by atoms with van der Waals surface area (Å²) in [7, 11) is 2.15. The third-order valence-corrected chi connectivity index (χ3v) is 3.32. The van der Waals surface area contributed by atoms with E-state index in [4.69, 9.17) is 16.3 Å². The maximum absolute atomic E-state index is 5.81. The molecule has 1 aliphatic carbocycles. The molecule has 17 heavy (non-hydrogen) atoms. The zero-order valence-corrected chi connectivity index (χ0v) is 11.2. The Balaban J connectivity index is 1.83. The summed E-state index contributed by atoms with van der Waals surface area (Å²) in [6, 6.07) is 4.68. The van der Waals surface area contributed by atoms with Crippen LogP contribution < -0.4 is 4.74 Å². The van der Waals surface area contributed by atoms with Gasteiger partial charge < -0.3 is 9.64 Å². The molecule has 1 aromatic rings. The number of aryl methyl sites for hydroxylation is 1. The van der Waals surface area contributed by atoms with Gasteiger partial charge in [-0.2, -0.15) is 0 Å². The summed E-state index contributed by atoms with van der Waals surface area (Å²) >= 11 is 5.81. The zero-order chi connectivity index (χ0) is 12.3. The monoisotopic (exact) mass is 254 g/mol. The van der Waals surface area contributed by atoms with Crippen molar-refractivity contribution in [2.75, 3.05) is 20.2 Å². The van der Waals surface area contributed by atoms with Crippen molar-refractivity contribution in [3.05, 3.63) is 23.4 Å². The molecule has 1 aromatic heterocycles. The average Bonchev–Trinajstić information content (AvgIpc) is 3.12. The molecule has 0 aromatic carbocycles. The van der Waals surface area contributed by atoms with E-state index in [2.05, 4.69) is 16.9 Å². The third kappa shape index (κ3) is 3.86. The van der Waals surface area contributed by atoms with Crippen molar-refractivity contribution >= 4 is 11.6 Å². The Hall–Kier alpha value is -0.800. The van der Waals surface area contributed by atoms with Gasteiger partial charge in [-0.15, -0.1) is 11.6 Å². The van der Waals surface area contributed by atoms with Crippen LogP contribution in [-0.4, -0.2) is 36.1 Å². The largest absolute Gasteiger partial charge is 0.476 e. The van der Waals surface area contributed by atoms with Gasteiger partial charge in [-0.1, -0.05) is 0 Å². The summed E-state index contributed by atoms with van der Waals surface area (Å²) < 4.78 is 5.67. The lowest BCUT2D eigenvalue weighted by molar-refractivity contribution is 0.226. The van der Waals surface area contributed by atoms with Gasteiger partial charge in [0, 0.05) is 30.2 Å². The second-order valence-corrected chi connectivity index (χ2v) is 4.92. The number of aromatic nitrogens is 1. The van der Waals surface area contributed by atoms with Crippen LogP contribution in [-0.2, 0) is 5.88 Å². The number of likely N-dealkylation sites (N-methyl/N-ethyl adjacent to an activating group) is 1. The predicted molar refractivity (Wildman–Crippen MR) is 69.7 cm³/mol. The van der Waals surface area contributed by atoms with Gasteiger partial charge in [0.15, 0.2) is 0 Å². The van der Waals surface area contributed by atoms with Crippen LogP contribution in [0.5, 0.6) is 5.88 Å². The van der Waals surface area contributed by atoms with Crippen molar-refractivity contribution < 1.29 is 4.74 Å². The number of nitrogens with zero attached hydrogens (tertiary/aromatic N) is 2. The highest BCUT2D eigenvalue weighted by molar-refractivity contribution is 6.17. The Kier molecular flexibility index (Phi) is 4.24. The summed E-state index contributed by atoms with van der Waals surface area (Å²) in [5.74, 6) is 1.19. The molecule has 2 rings (SSSR count). The summed E-state index contributed by atoms with van der Waals surface area (Å²) in [5.41, 5.74) is 2.01. The van der Waals surface area contributed by atoms with Gasteiger partial charge in [-0.25, -0.2) is 4.98 Å². The molecule has 0 atom stereocenters. The Morgan fingerprint density at radius 3 is 2.88 bits per heavy atom. The van der Waals surface area contributed by atoms with Crippen LogP contribution in [0.2, 0.25) is 0 Å². The first kappa shape index (κ1) is 12.7. The maximum Gasteiger partial charge on any atom is 0.213 e. The smallest absolute Gasteiger partial charge is 0.213 e. The Morgan fingerprint density at radius 2 is 2.24 bits per heavy atom. The molecule has 0 unspecified atom stereocenters. The van der Waals surface area contributed by atoms with Gasteiger partial charge in [0.1, 0.15) is 6.61 Å². The van der Waals surface area contributed by atoms with E-state index in [1.165, 1.54) is 12.8 Å². The quantitative estimate of drug-likeness (QED) is 0.730. The molecular weight excluding hydrogens is 236 g/mol. The van der Waals surface area contributed by atoms with Gasteiger partial charge in [-0.3, -0.25) is 0 Å². The number of halogens is 1. The number of ether oxygens (including phenoxy) is 1. The lowest BCUT2D eigenvalue weighted by atomic mass is 10.2. The molecule has 0 radical (unpaired) electrons. The van der Waals surface area contributed by atoms with E-state index in [-0.39, 0.29) is 0 Å². The van der Waals surface area contributed by atoms with Crippen LogP contribution in [0.25, 0.3) is 0 Å². The van der Waals surface area contributed by atoms with Crippen molar-refractivity contribution in [2.45, 2.75) is 31.7 Å². The number of alkyl halides is 1. The van der Waals surface area contributed by atoms with Crippen LogP contribution in [0.15, 0.2) is 12.1 Å². The molecule has 1 heterocycles. The van der Waals surface area contributed by atoms with Crippen molar-refractivity contribution in [3.8, 4) is 5.88 Å². The van der Waals surface area contributed by atoms with Crippen molar-refractivity contribution in [1.29, 1.82) is 0 Å². The van der Waals surface area contributed by atoms with Crippen molar-refractivity contribution in [2.24, 2.45) is 0 Å². The highest BCUT2D eigenvalue weighted by atomic mass is 35.5. The molecule has 0 amide bonds. The SMILES string of the molecule is Cc1cc(CCl)cc(OCCN(C)C2CC2)n1. The molecule has 0 N–H and O–H groups in total. The summed E-state index contributed by atoms with van der Waals surface area (Å²) in [6.07, 6.45) is 2.66. The number of hydrogen-bond donors (Lipinski definition) is 0. The Bertz CT molecular complexity index is 380. The first-order chi connectivity index (χ1) is 8.19. The average molecular weight is 255 g/mol. The minimum absolute atomic E-state index is 0.502. The molecule has 0 saturated heterocycles. The maximum atomic E-state index is 5.81. The fraction of sp³-hybridized carbons (Fsp3) is 0.615. The molecule has 94 valence electrons. The van der Waals surface area contributed by atoms with Crippen LogP contribution in [0.4, 0.5) is 0 Å². The number of hydrogen-bond acceptors (Lipinski definition) is 3. The standard InChI is InChI=1S/C13H19ClN2O/c1-10-7-11(9-14)8-13(15-10)17-6-5-16(2)12-3-4-12/h7-8,12H,3-6,9H2,1-2H3. The third-order valence-electron chi connectivity index (χ3n) is 3.01. The lowest BCUT2D eigenvalue weighted by Crippen LogP contribution is -2.26. The summed E-state index contributed by atoms with van der Waals surface area (Å²) in [6.45, 7) is 3.60. The Morgan fingerprint density at radius 1 is 1.47 bits per heavy atom. The van der Waals surface area contributed by atoms with Gasteiger partial charge in [0.2, 0.25) is 5.88 Å². The summed E-state index contributed by atoms with van der Waals surface area (Å²) in [4.78, 5) is 6.69. The highest BCUT2D eigenvalue weighted by Gasteiger charge is 2.25. The van der Waals surface area contributed by atoms with Crippen LogP contribution in [0.1, 0.15) is 24.1 Å². The Labute approximate surface area is 108 Å². The normalized spacial score (nSPS) is 15.3. The molecule has 0 spiro atoms. The second-order valence-electron chi connectivity index (χ2n) is 4.65. The zero-order valence-electron chi connectivity index (χ0n) is 10.4. The van der Waals surface area contributed by atoms with E-state index in [9.17, 15) is 0 Å². The fourth-order valence-corrected chi connectivity index (χ4v) is 2.00. The fourth-order valence-electron chi connectivity index (χ4n) is 1.85. The second kappa shape index (κ2) is 5.69. The van der Waals surface area contributed by atoms with Crippen LogP contribution in [0.3, 0.4) is 0 Å². The molecule has 3 nitrogen and oxygen atoms in total. The van der Waals surface area contributed by atoms with Gasteiger partial charge >= 0.3 is 0 Å². The molecule has 1 fully saturated rings. The molecule has 4 heteroatoms. The predicted octanol–water partition coefficient (Wildman–Crippen LogP) is 2.60. The van der Waals surface area contributed by atoms with E-state index in [1.54, 1.807) is 0 Å². The van der Waals surface area contributed by atoms with Crippen molar-refractivity contribution in [3.63, 3.8) is 0 Å².